The number of carbonyl (C=O) groups is 2. The molecule has 11 heteroatoms. The van der Waals surface area contributed by atoms with Gasteiger partial charge in [-0.15, -0.1) is 5.10 Å². The van der Waals surface area contributed by atoms with Crippen LogP contribution >= 0.6 is 11.5 Å². The van der Waals surface area contributed by atoms with Gasteiger partial charge in [-0.25, -0.2) is 4.79 Å². The molecule has 3 N–H and O–H groups in total. The second-order valence-electron chi connectivity index (χ2n) is 3.44. The van der Waals surface area contributed by atoms with Crippen molar-refractivity contribution in [2.24, 2.45) is 5.92 Å². The largest absolute Gasteiger partial charge is 0.490 e. The van der Waals surface area contributed by atoms with Crippen molar-refractivity contribution < 1.29 is 27.9 Å². The van der Waals surface area contributed by atoms with E-state index in [0.717, 1.165) is 13.1 Å². The molecular formula is C8H9F3N4O3S. The van der Waals surface area contributed by atoms with Gasteiger partial charge in [0.15, 0.2) is 5.82 Å². The molecule has 1 aliphatic heterocycles. The second kappa shape index (κ2) is 6.43. The van der Waals surface area contributed by atoms with Crippen LogP contribution in [0.3, 0.4) is 0 Å². The molecule has 19 heavy (non-hydrogen) atoms. The quantitative estimate of drug-likeness (QED) is 0.727. The molecule has 0 spiro atoms. The van der Waals surface area contributed by atoms with Gasteiger partial charge in [0.2, 0.25) is 5.91 Å². The van der Waals surface area contributed by atoms with Gasteiger partial charge in [0.25, 0.3) is 0 Å². The van der Waals surface area contributed by atoms with Crippen molar-refractivity contribution >= 4 is 29.2 Å². The van der Waals surface area contributed by atoms with Crippen LogP contribution in [0.4, 0.5) is 19.0 Å². The third kappa shape index (κ3) is 5.18. The Kier molecular flexibility index (Phi) is 5.18. The minimum atomic E-state index is -5.08. The summed E-state index contributed by atoms with van der Waals surface area (Å²) < 4.78 is 35.4. The summed E-state index contributed by atoms with van der Waals surface area (Å²) in [4.78, 5) is 20.2. The summed E-state index contributed by atoms with van der Waals surface area (Å²) in [5.41, 5.74) is 0. The van der Waals surface area contributed by atoms with Gasteiger partial charge in [0, 0.05) is 13.1 Å². The lowest BCUT2D eigenvalue weighted by Gasteiger charge is -2.25. The number of halogens is 3. The van der Waals surface area contributed by atoms with Gasteiger partial charge >= 0.3 is 12.1 Å². The summed E-state index contributed by atoms with van der Waals surface area (Å²) in [5.74, 6) is -2.07. The summed E-state index contributed by atoms with van der Waals surface area (Å²) in [6.45, 7) is 1.53. The Hall–Kier alpha value is -1.75. The number of hydrogen-bond acceptors (Lipinski definition) is 6. The normalized spacial score (nSPS) is 14.9. The predicted molar refractivity (Wildman–Crippen MR) is 58.6 cm³/mol. The molecule has 1 aromatic heterocycles. The first-order chi connectivity index (χ1) is 8.80. The second-order valence-corrected chi connectivity index (χ2v) is 4.05. The average molecular weight is 298 g/mol. The van der Waals surface area contributed by atoms with Crippen LogP contribution < -0.4 is 10.6 Å². The van der Waals surface area contributed by atoms with Crippen molar-refractivity contribution in [3.05, 3.63) is 5.38 Å². The molecule has 0 radical (unpaired) electrons. The molecule has 1 aromatic rings. The third-order valence-electron chi connectivity index (χ3n) is 2.01. The lowest BCUT2D eigenvalue weighted by Crippen LogP contribution is -2.48. The molecule has 1 fully saturated rings. The Balaban J connectivity index is 0.000000224. The summed E-state index contributed by atoms with van der Waals surface area (Å²) in [5, 5.41) is 18.3. The SMILES string of the molecule is O=C(Nc1csnn1)C1CNC1.O=C(O)C(F)(F)F. The van der Waals surface area contributed by atoms with E-state index in [1.165, 1.54) is 11.5 Å². The summed E-state index contributed by atoms with van der Waals surface area (Å²) >= 11 is 1.23. The molecule has 0 aromatic carbocycles. The first-order valence-corrected chi connectivity index (χ1v) is 5.73. The molecule has 0 aliphatic carbocycles. The van der Waals surface area contributed by atoms with E-state index >= 15 is 0 Å². The fourth-order valence-electron chi connectivity index (χ4n) is 0.921. The minimum absolute atomic E-state index is 0.0291. The summed E-state index contributed by atoms with van der Waals surface area (Å²) in [6, 6.07) is 0. The molecule has 0 saturated carbocycles. The van der Waals surface area contributed by atoms with E-state index in [1.807, 2.05) is 0 Å². The molecular weight excluding hydrogens is 289 g/mol. The highest BCUT2D eigenvalue weighted by Gasteiger charge is 2.38. The number of aliphatic carboxylic acids is 1. The highest BCUT2D eigenvalue weighted by molar-refractivity contribution is 7.03. The number of rotatable bonds is 2. The number of alkyl halides is 3. The maximum atomic E-state index is 11.3. The van der Waals surface area contributed by atoms with Gasteiger partial charge in [-0.3, -0.25) is 4.79 Å². The van der Waals surface area contributed by atoms with Gasteiger partial charge in [0.05, 0.1) is 11.3 Å². The zero-order valence-corrected chi connectivity index (χ0v) is 10.1. The number of carbonyl (C=O) groups excluding carboxylic acids is 1. The van der Waals surface area contributed by atoms with Crippen LogP contribution in [-0.2, 0) is 9.59 Å². The Morgan fingerprint density at radius 1 is 1.47 bits per heavy atom. The van der Waals surface area contributed by atoms with Crippen molar-refractivity contribution in [1.82, 2.24) is 14.9 Å². The number of aromatic nitrogens is 2. The summed E-state index contributed by atoms with van der Waals surface area (Å²) in [7, 11) is 0. The van der Waals surface area contributed by atoms with Crippen molar-refractivity contribution in [1.29, 1.82) is 0 Å². The van der Waals surface area contributed by atoms with E-state index in [1.54, 1.807) is 5.38 Å². The molecule has 2 heterocycles. The standard InChI is InChI=1S/C6H8N4OS.C2HF3O2/c11-6(4-1-7-2-4)8-5-3-12-10-9-5;3-2(4,5)1(6)7/h3-4,7H,1-2H2,(H,8,11);(H,6,7). The lowest BCUT2D eigenvalue weighted by atomic mass is 10.0. The maximum absolute atomic E-state index is 11.3. The fraction of sp³-hybridized carbons (Fsp3) is 0.500. The summed E-state index contributed by atoms with van der Waals surface area (Å²) in [6.07, 6.45) is -5.08. The van der Waals surface area contributed by atoms with Gasteiger partial charge in [-0.05, 0) is 11.5 Å². The van der Waals surface area contributed by atoms with Crippen LogP contribution in [-0.4, -0.2) is 45.8 Å². The predicted octanol–water partition coefficient (Wildman–Crippen LogP) is 0.329. The minimum Gasteiger partial charge on any atom is -0.475 e. The monoisotopic (exact) mass is 298 g/mol. The van der Waals surface area contributed by atoms with Crippen molar-refractivity contribution in [3.8, 4) is 0 Å². The molecule has 0 unspecified atom stereocenters. The number of nitrogens with one attached hydrogen (secondary N) is 2. The number of carboxylic acid groups (broad SMARTS) is 1. The Labute approximate surface area is 109 Å². The van der Waals surface area contributed by atoms with E-state index in [2.05, 4.69) is 20.2 Å². The first-order valence-electron chi connectivity index (χ1n) is 4.89. The maximum Gasteiger partial charge on any atom is 0.490 e. The topological polar surface area (TPSA) is 104 Å². The number of amides is 1. The molecule has 1 saturated heterocycles. The van der Waals surface area contributed by atoms with Crippen LogP contribution in [0.2, 0.25) is 0 Å². The fourth-order valence-corrected chi connectivity index (χ4v) is 1.31. The van der Waals surface area contributed by atoms with Crippen LogP contribution in [0, 0.1) is 5.92 Å². The smallest absolute Gasteiger partial charge is 0.475 e. The molecule has 2 rings (SSSR count). The number of nitrogens with zero attached hydrogens (tertiary/aromatic N) is 2. The van der Waals surface area contributed by atoms with E-state index < -0.39 is 12.1 Å². The van der Waals surface area contributed by atoms with E-state index in [0.29, 0.717) is 5.82 Å². The number of hydrogen-bond donors (Lipinski definition) is 3. The Morgan fingerprint density at radius 2 is 2.05 bits per heavy atom. The molecule has 7 nitrogen and oxygen atoms in total. The van der Waals surface area contributed by atoms with Crippen LogP contribution in [0.5, 0.6) is 0 Å². The van der Waals surface area contributed by atoms with E-state index in [9.17, 15) is 18.0 Å². The highest BCUT2D eigenvalue weighted by atomic mass is 32.1. The molecule has 1 aliphatic rings. The van der Waals surface area contributed by atoms with E-state index in [4.69, 9.17) is 9.90 Å². The molecule has 0 bridgehead atoms. The highest BCUT2D eigenvalue weighted by Crippen LogP contribution is 2.13. The van der Waals surface area contributed by atoms with E-state index in [-0.39, 0.29) is 11.8 Å². The van der Waals surface area contributed by atoms with Crippen LogP contribution in [0.15, 0.2) is 5.38 Å². The first kappa shape index (κ1) is 15.3. The lowest BCUT2D eigenvalue weighted by molar-refractivity contribution is -0.192. The van der Waals surface area contributed by atoms with Crippen LogP contribution in [0.1, 0.15) is 0 Å². The Bertz CT molecular complexity index is 433. The number of anilines is 1. The van der Waals surface area contributed by atoms with Gasteiger partial charge < -0.3 is 15.7 Å². The van der Waals surface area contributed by atoms with Gasteiger partial charge in [0.1, 0.15) is 0 Å². The molecule has 1 amide bonds. The van der Waals surface area contributed by atoms with Crippen molar-refractivity contribution in [3.63, 3.8) is 0 Å². The Morgan fingerprint density at radius 3 is 2.37 bits per heavy atom. The average Bonchev–Trinajstić information content (AvgIpc) is 2.66. The zero-order valence-electron chi connectivity index (χ0n) is 9.27. The number of carboxylic acids is 1. The van der Waals surface area contributed by atoms with Gasteiger partial charge in [-0.2, -0.15) is 13.2 Å². The zero-order chi connectivity index (χ0) is 14.5. The molecule has 106 valence electrons. The molecule has 0 atom stereocenters. The van der Waals surface area contributed by atoms with Crippen molar-refractivity contribution in [2.75, 3.05) is 18.4 Å². The van der Waals surface area contributed by atoms with Crippen LogP contribution in [0.25, 0.3) is 0 Å². The third-order valence-corrected chi connectivity index (χ3v) is 2.51. The van der Waals surface area contributed by atoms with Crippen molar-refractivity contribution in [2.45, 2.75) is 6.18 Å². The van der Waals surface area contributed by atoms with Gasteiger partial charge in [-0.1, -0.05) is 4.49 Å².